The van der Waals surface area contributed by atoms with Crippen molar-refractivity contribution in [2.24, 2.45) is 0 Å². The van der Waals surface area contributed by atoms with Crippen LogP contribution in [0.3, 0.4) is 0 Å². The molecule has 0 aliphatic carbocycles. The van der Waals surface area contributed by atoms with E-state index in [4.69, 9.17) is 9.15 Å². The Bertz CT molecular complexity index is 724. The first kappa shape index (κ1) is 18.2. The first-order chi connectivity index (χ1) is 12.7. The summed E-state index contributed by atoms with van der Waals surface area (Å²) in [6.45, 7) is 4.52. The summed E-state index contributed by atoms with van der Waals surface area (Å²) in [6.07, 6.45) is 1.42. The fourth-order valence-electron chi connectivity index (χ4n) is 2.80. The number of furan rings is 1. The second-order valence-electron chi connectivity index (χ2n) is 6.09. The van der Waals surface area contributed by atoms with E-state index >= 15 is 0 Å². The van der Waals surface area contributed by atoms with Crippen LogP contribution >= 0.6 is 0 Å². The molecule has 1 aliphatic heterocycles. The number of ether oxygens (including phenoxy) is 1. The molecule has 0 radical (unpaired) electrons. The quantitative estimate of drug-likeness (QED) is 0.777. The lowest BCUT2D eigenvalue weighted by Crippen LogP contribution is -2.37. The zero-order chi connectivity index (χ0) is 18.2. The van der Waals surface area contributed by atoms with Crippen LogP contribution in [0.2, 0.25) is 0 Å². The summed E-state index contributed by atoms with van der Waals surface area (Å²) in [6, 6.07) is 11.2. The van der Waals surface area contributed by atoms with Gasteiger partial charge in [-0.25, -0.2) is 0 Å². The molecule has 7 heteroatoms. The van der Waals surface area contributed by atoms with Crippen molar-refractivity contribution in [1.82, 2.24) is 15.5 Å². The normalized spacial score (nSPS) is 14.8. The molecule has 2 heterocycles. The van der Waals surface area contributed by atoms with Crippen LogP contribution in [0, 0.1) is 0 Å². The Morgan fingerprint density at radius 3 is 2.50 bits per heavy atom. The third-order valence-electron chi connectivity index (χ3n) is 4.25. The minimum atomic E-state index is -0.405. The molecule has 0 saturated carbocycles. The molecule has 1 aromatic carbocycles. The van der Waals surface area contributed by atoms with Crippen LogP contribution in [0.25, 0.3) is 0 Å². The molecule has 0 spiro atoms. The van der Waals surface area contributed by atoms with Gasteiger partial charge in [-0.05, 0) is 23.3 Å². The summed E-state index contributed by atoms with van der Waals surface area (Å²) >= 11 is 0. The third kappa shape index (κ3) is 5.18. The number of rotatable bonds is 7. The molecule has 2 N–H and O–H groups in total. The second-order valence-corrected chi connectivity index (χ2v) is 6.09. The van der Waals surface area contributed by atoms with Gasteiger partial charge in [-0.2, -0.15) is 0 Å². The topological polar surface area (TPSA) is 83.8 Å². The van der Waals surface area contributed by atoms with Crippen molar-refractivity contribution in [2.75, 3.05) is 32.8 Å². The van der Waals surface area contributed by atoms with Crippen molar-refractivity contribution >= 4 is 11.8 Å². The first-order valence-corrected chi connectivity index (χ1v) is 8.67. The van der Waals surface area contributed by atoms with Crippen LogP contribution < -0.4 is 10.6 Å². The van der Waals surface area contributed by atoms with E-state index < -0.39 is 5.91 Å². The fraction of sp³-hybridized carbons (Fsp3) is 0.368. The molecule has 2 aromatic rings. The van der Waals surface area contributed by atoms with E-state index in [1.165, 1.54) is 11.8 Å². The smallest absolute Gasteiger partial charge is 0.287 e. The molecule has 2 amide bonds. The lowest BCUT2D eigenvalue weighted by atomic mass is 10.1. The van der Waals surface area contributed by atoms with E-state index in [2.05, 4.69) is 21.6 Å². The molecule has 26 heavy (non-hydrogen) atoms. The number of nitrogens with zero attached hydrogens (tertiary/aromatic N) is 1. The van der Waals surface area contributed by atoms with Gasteiger partial charge in [-0.15, -0.1) is 0 Å². The summed E-state index contributed by atoms with van der Waals surface area (Å²) < 4.78 is 10.4. The number of carbonyl (C=O) groups excluding carboxylic acids is 2. The number of hydrogen-bond acceptors (Lipinski definition) is 5. The molecule has 1 fully saturated rings. The van der Waals surface area contributed by atoms with Gasteiger partial charge in [0.2, 0.25) is 5.91 Å². The molecule has 0 unspecified atom stereocenters. The van der Waals surface area contributed by atoms with Crippen molar-refractivity contribution in [3.63, 3.8) is 0 Å². The highest BCUT2D eigenvalue weighted by atomic mass is 16.5. The highest BCUT2D eigenvalue weighted by molar-refractivity contribution is 5.94. The number of amides is 2. The highest BCUT2D eigenvalue weighted by Gasteiger charge is 2.14. The van der Waals surface area contributed by atoms with Crippen LogP contribution in [0.1, 0.15) is 21.7 Å². The largest absolute Gasteiger partial charge is 0.459 e. The van der Waals surface area contributed by atoms with Gasteiger partial charge in [0.1, 0.15) is 0 Å². The van der Waals surface area contributed by atoms with Crippen LogP contribution in [-0.4, -0.2) is 49.6 Å². The minimum absolute atomic E-state index is 0.0921. The van der Waals surface area contributed by atoms with Crippen LogP contribution in [0.4, 0.5) is 0 Å². The molecule has 0 bridgehead atoms. The predicted octanol–water partition coefficient (Wildman–Crippen LogP) is 1.16. The van der Waals surface area contributed by atoms with Gasteiger partial charge in [0.15, 0.2) is 5.76 Å². The van der Waals surface area contributed by atoms with Crippen molar-refractivity contribution < 1.29 is 18.7 Å². The summed E-state index contributed by atoms with van der Waals surface area (Å²) in [4.78, 5) is 26.1. The average molecular weight is 357 g/mol. The molecule has 7 nitrogen and oxygen atoms in total. The fourth-order valence-corrected chi connectivity index (χ4v) is 2.80. The van der Waals surface area contributed by atoms with Crippen molar-refractivity contribution in [1.29, 1.82) is 0 Å². The van der Waals surface area contributed by atoms with Gasteiger partial charge >= 0.3 is 0 Å². The van der Waals surface area contributed by atoms with Crippen LogP contribution in [0.15, 0.2) is 47.1 Å². The number of hydrogen-bond donors (Lipinski definition) is 2. The van der Waals surface area contributed by atoms with E-state index in [1.807, 2.05) is 18.2 Å². The summed E-state index contributed by atoms with van der Waals surface area (Å²) in [5.41, 5.74) is 2.26. The van der Waals surface area contributed by atoms with E-state index in [-0.39, 0.29) is 18.2 Å². The number of benzene rings is 1. The molecule has 0 atom stereocenters. The zero-order valence-electron chi connectivity index (χ0n) is 14.6. The van der Waals surface area contributed by atoms with Gasteiger partial charge < -0.3 is 19.8 Å². The molecule has 1 aromatic heterocycles. The SMILES string of the molecule is O=C(CNC(=O)c1ccco1)NCc1ccccc1CN1CCOCC1. The average Bonchev–Trinajstić information content (AvgIpc) is 3.21. The summed E-state index contributed by atoms with van der Waals surface area (Å²) in [5.74, 6) is -0.461. The van der Waals surface area contributed by atoms with Gasteiger partial charge in [0, 0.05) is 26.2 Å². The van der Waals surface area contributed by atoms with E-state index in [0.29, 0.717) is 6.54 Å². The molecule has 3 rings (SSSR count). The van der Waals surface area contributed by atoms with E-state index in [9.17, 15) is 9.59 Å². The maximum Gasteiger partial charge on any atom is 0.287 e. The van der Waals surface area contributed by atoms with E-state index in [1.54, 1.807) is 12.1 Å². The Hall–Kier alpha value is -2.64. The predicted molar refractivity (Wildman–Crippen MR) is 95.4 cm³/mol. The monoisotopic (exact) mass is 357 g/mol. The molecular formula is C19H23N3O4. The number of morpholine rings is 1. The molecule has 1 aliphatic rings. The van der Waals surface area contributed by atoms with Gasteiger partial charge in [-0.3, -0.25) is 14.5 Å². The molecular weight excluding hydrogens is 334 g/mol. The van der Waals surface area contributed by atoms with Gasteiger partial charge in [0.25, 0.3) is 5.91 Å². The van der Waals surface area contributed by atoms with Crippen LogP contribution in [-0.2, 0) is 22.6 Å². The number of nitrogens with one attached hydrogen (secondary N) is 2. The first-order valence-electron chi connectivity index (χ1n) is 8.67. The van der Waals surface area contributed by atoms with Gasteiger partial charge in [0.05, 0.1) is 26.0 Å². The Morgan fingerprint density at radius 1 is 1.00 bits per heavy atom. The minimum Gasteiger partial charge on any atom is -0.459 e. The maximum atomic E-state index is 12.0. The zero-order valence-corrected chi connectivity index (χ0v) is 14.6. The van der Waals surface area contributed by atoms with Crippen LogP contribution in [0.5, 0.6) is 0 Å². The summed E-state index contributed by atoms with van der Waals surface area (Å²) in [5, 5.41) is 5.38. The lowest BCUT2D eigenvalue weighted by molar-refractivity contribution is -0.120. The highest BCUT2D eigenvalue weighted by Crippen LogP contribution is 2.13. The lowest BCUT2D eigenvalue weighted by Gasteiger charge is -2.27. The molecule has 138 valence electrons. The Labute approximate surface area is 152 Å². The summed E-state index contributed by atoms with van der Waals surface area (Å²) in [7, 11) is 0. The second kappa shape index (κ2) is 9.17. The number of carbonyl (C=O) groups is 2. The Balaban J connectivity index is 1.47. The standard InChI is InChI=1S/C19H23N3O4/c23-18(13-21-19(24)17-6-3-9-26-17)20-12-15-4-1-2-5-16(15)14-22-7-10-25-11-8-22/h1-6,9H,7-8,10-14H2,(H,20,23)(H,21,24). The third-order valence-corrected chi connectivity index (χ3v) is 4.25. The van der Waals surface area contributed by atoms with E-state index in [0.717, 1.165) is 38.4 Å². The van der Waals surface area contributed by atoms with Crippen molar-refractivity contribution in [3.05, 3.63) is 59.5 Å². The van der Waals surface area contributed by atoms with Gasteiger partial charge in [-0.1, -0.05) is 24.3 Å². The van der Waals surface area contributed by atoms with Crippen molar-refractivity contribution in [3.8, 4) is 0 Å². The maximum absolute atomic E-state index is 12.0. The van der Waals surface area contributed by atoms with Crippen molar-refractivity contribution in [2.45, 2.75) is 13.1 Å². The Morgan fingerprint density at radius 2 is 1.77 bits per heavy atom. The Kier molecular flexibility index (Phi) is 6.40. The molecule has 1 saturated heterocycles.